The standard InChI is InChI=1S/C37H46N6O9/c1-22(2)30-21-29(42-52-30)35(48)43-17-14-37(15-18-43)36(49)41-31(24(4)44)34(47)39-23(3)32(45)40-28(20-25-8-6-5-7-9-25)33(46)38-16-19-50-26-10-12-27(51-37)13-11-26/h5-13,21-24,28,31,44H,14-20H2,1-4H3,(H,38,46)(H,39,47)(H,40,45)(H,41,49)/t23-,24+,28-,31?/m0/s1. The third-order valence-corrected chi connectivity index (χ3v) is 9.11. The van der Waals surface area contributed by atoms with Gasteiger partial charge in [-0.05, 0) is 43.7 Å². The molecular formula is C37H46N6O9. The molecule has 3 aliphatic rings. The number of carbonyl (C=O) groups is 5. The van der Waals surface area contributed by atoms with Gasteiger partial charge in [0.2, 0.25) is 17.7 Å². The molecule has 1 saturated heterocycles. The number of ether oxygens (including phenoxy) is 2. The molecule has 4 heterocycles. The van der Waals surface area contributed by atoms with E-state index in [9.17, 15) is 29.1 Å². The monoisotopic (exact) mass is 718 g/mol. The van der Waals surface area contributed by atoms with Crippen molar-refractivity contribution in [2.24, 2.45) is 0 Å². The van der Waals surface area contributed by atoms with Crippen LogP contribution < -0.4 is 30.7 Å². The number of benzene rings is 2. The number of rotatable bonds is 5. The van der Waals surface area contributed by atoms with E-state index in [0.717, 1.165) is 5.56 Å². The molecule has 1 unspecified atom stereocenters. The Bertz CT molecular complexity index is 1720. The van der Waals surface area contributed by atoms with Gasteiger partial charge in [-0.3, -0.25) is 24.0 Å². The second-order valence-corrected chi connectivity index (χ2v) is 13.4. The molecule has 0 radical (unpaired) electrons. The Balaban J connectivity index is 1.38. The Morgan fingerprint density at radius 3 is 2.23 bits per heavy atom. The summed E-state index contributed by atoms with van der Waals surface area (Å²) in [6, 6.07) is 13.8. The van der Waals surface area contributed by atoms with Gasteiger partial charge in [-0.1, -0.05) is 49.3 Å². The summed E-state index contributed by atoms with van der Waals surface area (Å²) in [5, 5.41) is 25.3. The Morgan fingerprint density at radius 2 is 1.60 bits per heavy atom. The van der Waals surface area contributed by atoms with Crippen molar-refractivity contribution in [2.45, 2.75) is 82.7 Å². The number of likely N-dealkylation sites (tertiary alicyclic amines) is 1. The Morgan fingerprint density at radius 1 is 0.923 bits per heavy atom. The van der Waals surface area contributed by atoms with E-state index in [1.807, 2.05) is 44.2 Å². The molecular weight excluding hydrogens is 672 g/mol. The molecule has 3 aliphatic heterocycles. The molecule has 2 bridgehead atoms. The SMILES string of the molecule is CC(C)c1cc(C(=O)N2CCC3(CC2)Oc2ccc(cc2)OCCNC(=O)[C@H](Cc2ccccc2)NC(=O)[C@H](C)NC(=O)C([C@@H](C)O)NC3=O)no1. The van der Waals surface area contributed by atoms with E-state index in [1.54, 1.807) is 35.2 Å². The van der Waals surface area contributed by atoms with Crippen molar-refractivity contribution in [1.29, 1.82) is 0 Å². The van der Waals surface area contributed by atoms with E-state index in [4.69, 9.17) is 14.0 Å². The van der Waals surface area contributed by atoms with Gasteiger partial charge >= 0.3 is 0 Å². The third kappa shape index (κ3) is 9.26. The first-order valence-corrected chi connectivity index (χ1v) is 17.4. The van der Waals surface area contributed by atoms with E-state index in [0.29, 0.717) is 17.3 Å². The zero-order valence-corrected chi connectivity index (χ0v) is 29.7. The molecule has 5 amide bonds. The van der Waals surface area contributed by atoms with Crippen molar-refractivity contribution in [3.8, 4) is 11.5 Å². The van der Waals surface area contributed by atoms with Crippen molar-refractivity contribution in [3.05, 3.63) is 77.7 Å². The van der Waals surface area contributed by atoms with E-state index >= 15 is 0 Å². The maximum atomic E-state index is 14.2. The minimum atomic E-state index is -1.54. The third-order valence-electron chi connectivity index (χ3n) is 9.11. The van der Waals surface area contributed by atoms with Gasteiger partial charge in [0.1, 0.15) is 42.0 Å². The van der Waals surface area contributed by atoms with Gasteiger partial charge < -0.3 is 45.3 Å². The number of hydrogen-bond acceptors (Lipinski definition) is 10. The number of aliphatic hydroxyl groups excluding tert-OH is 1. The number of aliphatic hydroxyl groups is 1. The van der Waals surface area contributed by atoms with Crippen LogP contribution in [0.25, 0.3) is 0 Å². The average molecular weight is 719 g/mol. The zero-order chi connectivity index (χ0) is 37.4. The molecule has 1 aromatic heterocycles. The van der Waals surface area contributed by atoms with Crippen LogP contribution in [0.4, 0.5) is 0 Å². The highest BCUT2D eigenvalue weighted by molar-refractivity contribution is 5.96. The van der Waals surface area contributed by atoms with Crippen LogP contribution in [0.15, 0.2) is 65.2 Å². The second-order valence-electron chi connectivity index (χ2n) is 13.4. The molecule has 6 rings (SSSR count). The number of nitrogens with zero attached hydrogens (tertiary/aromatic N) is 2. The Kier molecular flexibility index (Phi) is 12.2. The molecule has 0 saturated carbocycles. The number of aromatic nitrogens is 1. The van der Waals surface area contributed by atoms with E-state index in [-0.39, 0.29) is 63.0 Å². The first kappa shape index (κ1) is 37.8. The predicted molar refractivity (Wildman–Crippen MR) is 187 cm³/mol. The maximum absolute atomic E-state index is 14.2. The summed E-state index contributed by atoms with van der Waals surface area (Å²) < 4.78 is 17.5. The summed E-state index contributed by atoms with van der Waals surface area (Å²) in [7, 11) is 0. The Labute approximate surface area is 301 Å². The molecule has 52 heavy (non-hydrogen) atoms. The molecule has 2 aromatic carbocycles. The molecule has 1 spiro atoms. The summed E-state index contributed by atoms with van der Waals surface area (Å²) >= 11 is 0. The quantitative estimate of drug-likeness (QED) is 0.241. The van der Waals surface area contributed by atoms with Crippen LogP contribution in [0.5, 0.6) is 11.5 Å². The van der Waals surface area contributed by atoms with Gasteiger partial charge in [-0.2, -0.15) is 0 Å². The molecule has 1 fully saturated rings. The van der Waals surface area contributed by atoms with Crippen molar-refractivity contribution in [3.63, 3.8) is 0 Å². The number of hydrogen-bond donors (Lipinski definition) is 5. The average Bonchev–Trinajstić information content (AvgIpc) is 3.63. The first-order valence-electron chi connectivity index (χ1n) is 17.4. The van der Waals surface area contributed by atoms with Crippen molar-refractivity contribution >= 4 is 29.5 Å². The fourth-order valence-electron chi connectivity index (χ4n) is 5.97. The van der Waals surface area contributed by atoms with Gasteiger partial charge in [0.15, 0.2) is 11.3 Å². The van der Waals surface area contributed by atoms with Crippen molar-refractivity contribution < 1.29 is 43.1 Å². The fourth-order valence-corrected chi connectivity index (χ4v) is 5.97. The van der Waals surface area contributed by atoms with Crippen LogP contribution in [0.1, 0.15) is 68.3 Å². The van der Waals surface area contributed by atoms with Crippen molar-refractivity contribution in [2.75, 3.05) is 26.2 Å². The van der Waals surface area contributed by atoms with Crippen LogP contribution >= 0.6 is 0 Å². The van der Waals surface area contributed by atoms with Crippen LogP contribution in [-0.2, 0) is 25.6 Å². The summed E-state index contributed by atoms with van der Waals surface area (Å²) in [6.45, 7) is 7.14. The minimum absolute atomic E-state index is 0.0441. The van der Waals surface area contributed by atoms with E-state index < -0.39 is 53.5 Å². The number of fused-ring (bicyclic) bond motifs is 15. The van der Waals surface area contributed by atoms with E-state index in [2.05, 4.69) is 26.4 Å². The van der Waals surface area contributed by atoms with Crippen LogP contribution in [-0.4, -0.2) is 101 Å². The smallest absolute Gasteiger partial charge is 0.276 e. The second kappa shape index (κ2) is 16.7. The molecule has 5 N–H and O–H groups in total. The summed E-state index contributed by atoms with van der Waals surface area (Å²) in [4.78, 5) is 69.1. The van der Waals surface area contributed by atoms with E-state index in [1.165, 1.54) is 13.8 Å². The molecule has 15 nitrogen and oxygen atoms in total. The van der Waals surface area contributed by atoms with Crippen LogP contribution in [0, 0.1) is 0 Å². The highest BCUT2D eigenvalue weighted by Crippen LogP contribution is 2.31. The lowest BCUT2D eigenvalue weighted by Gasteiger charge is -2.41. The summed E-state index contributed by atoms with van der Waals surface area (Å²) in [5.74, 6) is -1.50. The highest BCUT2D eigenvalue weighted by Gasteiger charge is 2.47. The van der Waals surface area contributed by atoms with Gasteiger partial charge in [0.25, 0.3) is 11.8 Å². The van der Waals surface area contributed by atoms with Gasteiger partial charge in [0.05, 0.1) is 12.6 Å². The lowest BCUT2D eigenvalue weighted by atomic mass is 9.89. The lowest BCUT2D eigenvalue weighted by molar-refractivity contribution is -0.145. The number of amides is 5. The Hall–Kier alpha value is -5.44. The van der Waals surface area contributed by atoms with Crippen LogP contribution in [0.2, 0.25) is 0 Å². The molecule has 3 aromatic rings. The normalized spacial score (nSPS) is 22.3. The van der Waals surface area contributed by atoms with Gasteiger partial charge in [0, 0.05) is 44.3 Å². The molecule has 0 aliphatic carbocycles. The topological polar surface area (TPSA) is 201 Å². The molecule has 278 valence electrons. The largest absolute Gasteiger partial charge is 0.492 e. The van der Waals surface area contributed by atoms with Gasteiger partial charge in [-0.15, -0.1) is 0 Å². The molecule has 15 heteroatoms. The number of nitrogens with one attached hydrogen (secondary N) is 4. The first-order chi connectivity index (χ1) is 24.8. The van der Waals surface area contributed by atoms with Crippen molar-refractivity contribution in [1.82, 2.24) is 31.3 Å². The fraction of sp³-hybridized carbons (Fsp3) is 0.459. The minimum Gasteiger partial charge on any atom is -0.492 e. The summed E-state index contributed by atoms with van der Waals surface area (Å²) in [6.07, 6.45) is -1.08. The maximum Gasteiger partial charge on any atom is 0.276 e. The zero-order valence-electron chi connectivity index (χ0n) is 29.7. The summed E-state index contributed by atoms with van der Waals surface area (Å²) in [5.41, 5.74) is -0.572. The predicted octanol–water partition coefficient (Wildman–Crippen LogP) is 1.46. The van der Waals surface area contributed by atoms with Crippen LogP contribution in [0.3, 0.4) is 0 Å². The number of piperidine rings is 1. The highest BCUT2D eigenvalue weighted by atomic mass is 16.5. The van der Waals surface area contributed by atoms with Gasteiger partial charge in [-0.25, -0.2) is 0 Å². The number of carbonyl (C=O) groups excluding carboxylic acids is 5. The lowest BCUT2D eigenvalue weighted by Crippen LogP contribution is -2.63. The molecule has 4 atom stereocenters.